The second-order valence-electron chi connectivity index (χ2n) is 5.58. The number of hydrogen-bond donors (Lipinski definition) is 1. The molecule has 4 rings (SSSR count). The van der Waals surface area contributed by atoms with E-state index in [9.17, 15) is 4.79 Å². The molecule has 5 nitrogen and oxygen atoms in total. The van der Waals surface area contributed by atoms with Crippen LogP contribution in [0.2, 0.25) is 0 Å². The van der Waals surface area contributed by atoms with Crippen molar-refractivity contribution in [1.82, 2.24) is 9.97 Å². The van der Waals surface area contributed by atoms with E-state index >= 15 is 0 Å². The van der Waals surface area contributed by atoms with E-state index in [1.807, 2.05) is 48.5 Å². The number of rotatable bonds is 4. The van der Waals surface area contributed by atoms with Crippen molar-refractivity contribution in [2.45, 2.75) is 6.92 Å². The molecule has 0 aliphatic rings. The first-order chi connectivity index (χ1) is 12.2. The molecule has 0 radical (unpaired) electrons. The SMILES string of the molecule is CCOC(=O)c1cc2c(cn1)[nH]c1ccc(Oc3ccccc3)cc12. The number of nitrogens with one attached hydrogen (secondary N) is 1. The van der Waals surface area contributed by atoms with Crippen molar-refractivity contribution in [2.24, 2.45) is 0 Å². The maximum Gasteiger partial charge on any atom is 0.356 e. The predicted octanol–water partition coefficient (Wildman–Crippen LogP) is 4.69. The average Bonchev–Trinajstić information content (AvgIpc) is 3.00. The molecular formula is C20H16N2O3. The molecule has 2 heterocycles. The van der Waals surface area contributed by atoms with E-state index in [0.717, 1.165) is 33.3 Å². The minimum absolute atomic E-state index is 0.296. The number of aromatic amines is 1. The van der Waals surface area contributed by atoms with Crippen LogP contribution in [0, 0.1) is 0 Å². The first kappa shape index (κ1) is 15.2. The van der Waals surface area contributed by atoms with E-state index in [4.69, 9.17) is 9.47 Å². The van der Waals surface area contributed by atoms with Gasteiger partial charge in [-0.25, -0.2) is 9.78 Å². The fourth-order valence-electron chi connectivity index (χ4n) is 2.78. The number of fused-ring (bicyclic) bond motifs is 3. The number of pyridine rings is 1. The smallest absolute Gasteiger partial charge is 0.356 e. The van der Waals surface area contributed by atoms with Crippen LogP contribution in [0.5, 0.6) is 11.5 Å². The van der Waals surface area contributed by atoms with Gasteiger partial charge < -0.3 is 14.5 Å². The van der Waals surface area contributed by atoms with Gasteiger partial charge in [0.25, 0.3) is 0 Å². The maximum atomic E-state index is 11.9. The molecule has 0 spiro atoms. The quantitative estimate of drug-likeness (QED) is 0.551. The van der Waals surface area contributed by atoms with Crippen LogP contribution in [0.3, 0.4) is 0 Å². The van der Waals surface area contributed by atoms with Crippen LogP contribution in [0.1, 0.15) is 17.4 Å². The number of ether oxygens (including phenoxy) is 2. The summed E-state index contributed by atoms with van der Waals surface area (Å²) in [4.78, 5) is 19.4. The third-order valence-electron chi connectivity index (χ3n) is 3.92. The lowest BCUT2D eigenvalue weighted by Gasteiger charge is -2.05. The Bertz CT molecular complexity index is 1050. The van der Waals surface area contributed by atoms with E-state index in [-0.39, 0.29) is 0 Å². The highest BCUT2D eigenvalue weighted by atomic mass is 16.5. The van der Waals surface area contributed by atoms with Gasteiger partial charge in [-0.05, 0) is 43.3 Å². The van der Waals surface area contributed by atoms with E-state index in [2.05, 4.69) is 9.97 Å². The molecule has 0 fully saturated rings. The molecule has 25 heavy (non-hydrogen) atoms. The Morgan fingerprint density at radius 2 is 1.80 bits per heavy atom. The Morgan fingerprint density at radius 3 is 2.60 bits per heavy atom. The number of hydrogen-bond acceptors (Lipinski definition) is 4. The van der Waals surface area contributed by atoms with Gasteiger partial charge in [0.1, 0.15) is 17.2 Å². The predicted molar refractivity (Wildman–Crippen MR) is 96.1 cm³/mol. The summed E-state index contributed by atoms with van der Waals surface area (Å²) in [5.74, 6) is 1.08. The minimum atomic E-state index is -0.421. The number of H-pyrrole nitrogens is 1. The lowest BCUT2D eigenvalue weighted by molar-refractivity contribution is 0.0520. The molecule has 5 heteroatoms. The van der Waals surface area contributed by atoms with Gasteiger partial charge in [-0.1, -0.05) is 18.2 Å². The highest BCUT2D eigenvalue weighted by Crippen LogP contribution is 2.30. The van der Waals surface area contributed by atoms with Crippen molar-refractivity contribution >= 4 is 27.8 Å². The first-order valence-corrected chi connectivity index (χ1v) is 8.06. The minimum Gasteiger partial charge on any atom is -0.461 e. The van der Waals surface area contributed by atoms with E-state index in [1.54, 1.807) is 19.2 Å². The molecule has 0 bridgehead atoms. The van der Waals surface area contributed by atoms with Crippen molar-refractivity contribution in [3.05, 3.63) is 66.5 Å². The summed E-state index contributed by atoms with van der Waals surface area (Å²) in [5.41, 5.74) is 2.11. The van der Waals surface area contributed by atoms with Crippen LogP contribution >= 0.6 is 0 Å². The molecule has 0 saturated heterocycles. The van der Waals surface area contributed by atoms with Crippen molar-refractivity contribution in [2.75, 3.05) is 6.61 Å². The monoisotopic (exact) mass is 332 g/mol. The summed E-state index contributed by atoms with van der Waals surface area (Å²) in [6, 6.07) is 17.2. The molecule has 4 aromatic rings. The Labute approximate surface area is 144 Å². The average molecular weight is 332 g/mol. The van der Waals surface area contributed by atoms with Crippen LogP contribution in [0.4, 0.5) is 0 Å². The second-order valence-corrected chi connectivity index (χ2v) is 5.58. The van der Waals surface area contributed by atoms with Gasteiger partial charge in [-0.15, -0.1) is 0 Å². The Hall–Kier alpha value is -3.34. The Kier molecular flexibility index (Phi) is 3.82. The van der Waals surface area contributed by atoms with Crippen molar-refractivity contribution < 1.29 is 14.3 Å². The molecule has 124 valence electrons. The van der Waals surface area contributed by atoms with Gasteiger partial charge >= 0.3 is 5.97 Å². The Balaban J connectivity index is 1.78. The number of carbonyl (C=O) groups is 1. The first-order valence-electron chi connectivity index (χ1n) is 8.06. The third-order valence-corrected chi connectivity index (χ3v) is 3.92. The number of aromatic nitrogens is 2. The van der Waals surface area contributed by atoms with Gasteiger partial charge in [0, 0.05) is 16.3 Å². The molecule has 0 atom stereocenters. The molecule has 0 aliphatic heterocycles. The lowest BCUT2D eigenvalue weighted by Crippen LogP contribution is -2.06. The normalized spacial score (nSPS) is 10.9. The molecule has 1 N–H and O–H groups in total. The third kappa shape index (κ3) is 2.92. The number of carbonyl (C=O) groups excluding carboxylic acids is 1. The fourth-order valence-corrected chi connectivity index (χ4v) is 2.78. The second kappa shape index (κ2) is 6.28. The topological polar surface area (TPSA) is 64.2 Å². The highest BCUT2D eigenvalue weighted by Gasteiger charge is 2.12. The van der Waals surface area contributed by atoms with Crippen LogP contribution in [-0.2, 0) is 4.74 Å². The summed E-state index contributed by atoms with van der Waals surface area (Å²) in [5, 5.41) is 1.88. The van der Waals surface area contributed by atoms with E-state index < -0.39 is 5.97 Å². The van der Waals surface area contributed by atoms with Crippen LogP contribution < -0.4 is 4.74 Å². The van der Waals surface area contributed by atoms with Crippen molar-refractivity contribution in [1.29, 1.82) is 0 Å². The maximum absolute atomic E-state index is 11.9. The zero-order chi connectivity index (χ0) is 17.2. The standard InChI is InChI=1S/C20H16N2O3/c1-2-24-20(23)18-11-16-15-10-14(25-13-6-4-3-5-7-13)8-9-17(15)22-19(16)12-21-18/h3-12,22H,2H2,1H3. The van der Waals surface area contributed by atoms with Crippen molar-refractivity contribution in [3.8, 4) is 11.5 Å². The van der Waals surface area contributed by atoms with Gasteiger partial charge in [-0.2, -0.15) is 0 Å². The van der Waals surface area contributed by atoms with Crippen LogP contribution in [0.25, 0.3) is 21.8 Å². The molecule has 2 aromatic heterocycles. The summed E-state index contributed by atoms with van der Waals surface area (Å²) in [6.45, 7) is 2.09. The zero-order valence-electron chi connectivity index (χ0n) is 13.7. The largest absolute Gasteiger partial charge is 0.461 e. The molecule has 0 aliphatic carbocycles. The van der Waals surface area contributed by atoms with Gasteiger partial charge in [-0.3, -0.25) is 0 Å². The molecule has 0 unspecified atom stereocenters. The number of benzene rings is 2. The number of para-hydroxylation sites is 1. The van der Waals surface area contributed by atoms with E-state index in [1.165, 1.54) is 0 Å². The summed E-state index contributed by atoms with van der Waals surface area (Å²) in [7, 11) is 0. The summed E-state index contributed by atoms with van der Waals surface area (Å²) >= 11 is 0. The summed E-state index contributed by atoms with van der Waals surface area (Å²) < 4.78 is 10.9. The van der Waals surface area contributed by atoms with Crippen LogP contribution in [0.15, 0.2) is 60.8 Å². The molecular weight excluding hydrogens is 316 g/mol. The zero-order valence-corrected chi connectivity index (χ0v) is 13.7. The van der Waals surface area contributed by atoms with Crippen LogP contribution in [-0.4, -0.2) is 22.5 Å². The van der Waals surface area contributed by atoms with E-state index in [0.29, 0.717) is 12.3 Å². The van der Waals surface area contributed by atoms with Gasteiger partial charge in [0.05, 0.1) is 18.3 Å². The number of esters is 1. The van der Waals surface area contributed by atoms with Gasteiger partial charge in [0.15, 0.2) is 0 Å². The molecule has 2 aromatic carbocycles. The van der Waals surface area contributed by atoms with Gasteiger partial charge in [0.2, 0.25) is 0 Å². The highest BCUT2D eigenvalue weighted by molar-refractivity contribution is 6.09. The Morgan fingerprint density at radius 1 is 1.00 bits per heavy atom. The molecule has 0 saturated carbocycles. The fraction of sp³-hybridized carbons (Fsp3) is 0.100. The lowest BCUT2D eigenvalue weighted by atomic mass is 10.1. The molecule has 0 amide bonds. The van der Waals surface area contributed by atoms with Crippen molar-refractivity contribution in [3.63, 3.8) is 0 Å². The summed E-state index contributed by atoms with van der Waals surface area (Å²) in [6.07, 6.45) is 1.65. The number of nitrogens with zero attached hydrogens (tertiary/aromatic N) is 1.